The molecule has 0 atom stereocenters. The molecule has 0 aliphatic rings. The summed E-state index contributed by atoms with van der Waals surface area (Å²) >= 11 is 0. The van der Waals surface area contributed by atoms with Crippen LogP contribution in [-0.4, -0.2) is 22.5 Å². The number of aliphatic carboxylic acids is 1. The monoisotopic (exact) mass is 239 g/mol. The fraction of sp³-hybridized carbons (Fsp3) is 0.333. The molecule has 0 saturated carbocycles. The van der Waals surface area contributed by atoms with E-state index in [0.29, 0.717) is 5.56 Å². The summed E-state index contributed by atoms with van der Waals surface area (Å²) in [5.41, 5.74) is -0.637. The molecule has 92 valence electrons. The van der Waals surface area contributed by atoms with Crippen LogP contribution in [0.4, 0.5) is 4.39 Å². The Kier molecular flexibility index (Phi) is 3.50. The van der Waals surface area contributed by atoms with Gasteiger partial charge in [0.15, 0.2) is 0 Å². The molecule has 0 saturated heterocycles. The first-order valence-electron chi connectivity index (χ1n) is 5.06. The van der Waals surface area contributed by atoms with Crippen molar-refractivity contribution in [3.8, 4) is 0 Å². The van der Waals surface area contributed by atoms with Gasteiger partial charge in [-0.2, -0.15) is 0 Å². The van der Waals surface area contributed by atoms with Crippen molar-refractivity contribution in [3.05, 3.63) is 35.1 Å². The van der Waals surface area contributed by atoms with Crippen molar-refractivity contribution >= 4 is 11.9 Å². The van der Waals surface area contributed by atoms with E-state index in [2.05, 4.69) is 5.32 Å². The zero-order valence-corrected chi connectivity index (χ0v) is 9.87. The lowest BCUT2D eigenvalue weighted by Gasteiger charge is -2.21. The SMILES string of the molecule is Cc1cc(F)ccc1C(=O)NC(C)(C)C(=O)O. The Morgan fingerprint density at radius 1 is 1.35 bits per heavy atom. The van der Waals surface area contributed by atoms with E-state index < -0.39 is 23.2 Å². The topological polar surface area (TPSA) is 66.4 Å². The lowest BCUT2D eigenvalue weighted by Crippen LogP contribution is -2.49. The maximum atomic E-state index is 12.9. The van der Waals surface area contributed by atoms with Crippen LogP contribution in [0.1, 0.15) is 29.8 Å². The lowest BCUT2D eigenvalue weighted by atomic mass is 10.0. The van der Waals surface area contributed by atoms with Crippen LogP contribution in [0.2, 0.25) is 0 Å². The molecule has 1 rings (SSSR count). The van der Waals surface area contributed by atoms with Gasteiger partial charge in [-0.15, -0.1) is 0 Å². The van der Waals surface area contributed by atoms with Crippen molar-refractivity contribution in [2.45, 2.75) is 26.3 Å². The van der Waals surface area contributed by atoms with E-state index in [4.69, 9.17) is 5.11 Å². The number of rotatable bonds is 3. The molecular formula is C12H14FNO3. The van der Waals surface area contributed by atoms with Crippen LogP contribution in [0.15, 0.2) is 18.2 Å². The highest BCUT2D eigenvalue weighted by atomic mass is 19.1. The van der Waals surface area contributed by atoms with Gasteiger partial charge in [0, 0.05) is 5.56 Å². The van der Waals surface area contributed by atoms with Crippen LogP contribution >= 0.6 is 0 Å². The Balaban J connectivity index is 2.95. The van der Waals surface area contributed by atoms with Crippen molar-refractivity contribution in [2.75, 3.05) is 0 Å². The highest BCUT2D eigenvalue weighted by molar-refractivity contribution is 5.98. The second-order valence-corrected chi connectivity index (χ2v) is 4.34. The third-order valence-corrected chi connectivity index (χ3v) is 2.39. The zero-order valence-electron chi connectivity index (χ0n) is 9.87. The van der Waals surface area contributed by atoms with Crippen LogP contribution in [0.5, 0.6) is 0 Å². The van der Waals surface area contributed by atoms with E-state index in [-0.39, 0.29) is 5.56 Å². The van der Waals surface area contributed by atoms with E-state index in [1.165, 1.54) is 26.0 Å². The number of carbonyl (C=O) groups excluding carboxylic acids is 1. The van der Waals surface area contributed by atoms with Crippen molar-refractivity contribution in [1.82, 2.24) is 5.32 Å². The Labute approximate surface area is 98.5 Å². The van der Waals surface area contributed by atoms with Crippen molar-refractivity contribution in [1.29, 1.82) is 0 Å². The highest BCUT2D eigenvalue weighted by Gasteiger charge is 2.29. The number of aryl methyl sites for hydroxylation is 1. The molecule has 5 heteroatoms. The molecule has 1 aromatic rings. The third kappa shape index (κ3) is 3.03. The number of benzene rings is 1. The van der Waals surface area contributed by atoms with Crippen LogP contribution in [0, 0.1) is 12.7 Å². The maximum Gasteiger partial charge on any atom is 0.328 e. The molecule has 0 bridgehead atoms. The van der Waals surface area contributed by atoms with E-state index in [9.17, 15) is 14.0 Å². The molecule has 0 aromatic heterocycles. The van der Waals surface area contributed by atoms with Crippen molar-refractivity contribution in [2.24, 2.45) is 0 Å². The summed E-state index contributed by atoms with van der Waals surface area (Å²) < 4.78 is 12.9. The van der Waals surface area contributed by atoms with Gasteiger partial charge in [-0.3, -0.25) is 4.79 Å². The summed E-state index contributed by atoms with van der Waals surface area (Å²) in [4.78, 5) is 22.7. The number of hydrogen-bond acceptors (Lipinski definition) is 2. The summed E-state index contributed by atoms with van der Waals surface area (Å²) in [6.07, 6.45) is 0. The largest absolute Gasteiger partial charge is 0.480 e. The average molecular weight is 239 g/mol. The molecule has 0 aliphatic carbocycles. The second-order valence-electron chi connectivity index (χ2n) is 4.34. The zero-order chi connectivity index (χ0) is 13.2. The molecule has 17 heavy (non-hydrogen) atoms. The Morgan fingerprint density at radius 3 is 2.41 bits per heavy atom. The first kappa shape index (κ1) is 13.2. The number of carbonyl (C=O) groups is 2. The predicted molar refractivity (Wildman–Crippen MR) is 60.3 cm³/mol. The molecule has 0 spiro atoms. The van der Waals surface area contributed by atoms with E-state index in [0.717, 1.165) is 6.07 Å². The number of nitrogens with one attached hydrogen (secondary N) is 1. The number of hydrogen-bond donors (Lipinski definition) is 2. The molecule has 0 unspecified atom stereocenters. The van der Waals surface area contributed by atoms with E-state index in [1.807, 2.05) is 0 Å². The quantitative estimate of drug-likeness (QED) is 0.844. The first-order chi connectivity index (χ1) is 7.74. The normalized spacial score (nSPS) is 11.1. The predicted octanol–water partition coefficient (Wildman–Crippen LogP) is 1.73. The average Bonchev–Trinajstić information content (AvgIpc) is 2.15. The number of amides is 1. The van der Waals surface area contributed by atoms with Gasteiger partial charge in [-0.05, 0) is 44.5 Å². The molecule has 0 aliphatic heterocycles. The molecule has 4 nitrogen and oxygen atoms in total. The molecule has 0 fully saturated rings. The lowest BCUT2D eigenvalue weighted by molar-refractivity contribution is -0.143. The van der Waals surface area contributed by atoms with E-state index in [1.54, 1.807) is 6.92 Å². The van der Waals surface area contributed by atoms with Crippen molar-refractivity contribution < 1.29 is 19.1 Å². The third-order valence-electron chi connectivity index (χ3n) is 2.39. The van der Waals surface area contributed by atoms with Gasteiger partial charge >= 0.3 is 5.97 Å². The van der Waals surface area contributed by atoms with E-state index >= 15 is 0 Å². The molecule has 1 aromatic carbocycles. The van der Waals surface area contributed by atoms with Gasteiger partial charge in [0.2, 0.25) is 0 Å². The number of carboxylic acids is 1. The highest BCUT2D eigenvalue weighted by Crippen LogP contribution is 2.12. The van der Waals surface area contributed by atoms with Crippen LogP contribution in [0.3, 0.4) is 0 Å². The molecule has 0 heterocycles. The minimum Gasteiger partial charge on any atom is -0.480 e. The molecule has 1 amide bonds. The summed E-state index contributed by atoms with van der Waals surface area (Å²) in [5, 5.41) is 11.2. The van der Waals surface area contributed by atoms with Gasteiger partial charge in [0.25, 0.3) is 5.91 Å². The maximum absolute atomic E-state index is 12.9. The van der Waals surface area contributed by atoms with Crippen LogP contribution in [-0.2, 0) is 4.79 Å². The Hall–Kier alpha value is -1.91. The number of carboxylic acid groups (broad SMARTS) is 1. The number of halogens is 1. The van der Waals surface area contributed by atoms with Gasteiger partial charge in [-0.1, -0.05) is 0 Å². The van der Waals surface area contributed by atoms with Gasteiger partial charge in [0.1, 0.15) is 11.4 Å². The fourth-order valence-electron chi connectivity index (χ4n) is 1.29. The molecule has 0 radical (unpaired) electrons. The summed E-state index contributed by atoms with van der Waals surface area (Å²) in [5.74, 6) is -2.10. The van der Waals surface area contributed by atoms with Crippen molar-refractivity contribution in [3.63, 3.8) is 0 Å². The Morgan fingerprint density at radius 2 is 1.94 bits per heavy atom. The van der Waals surface area contributed by atoms with Gasteiger partial charge in [-0.25, -0.2) is 9.18 Å². The van der Waals surface area contributed by atoms with Gasteiger partial charge < -0.3 is 10.4 Å². The second kappa shape index (κ2) is 4.53. The molecular weight excluding hydrogens is 225 g/mol. The summed E-state index contributed by atoms with van der Waals surface area (Å²) in [6, 6.07) is 3.72. The minimum atomic E-state index is -1.36. The smallest absolute Gasteiger partial charge is 0.328 e. The molecule has 2 N–H and O–H groups in total. The van der Waals surface area contributed by atoms with Crippen LogP contribution < -0.4 is 5.32 Å². The standard InChI is InChI=1S/C12H14FNO3/c1-7-6-8(13)4-5-9(7)10(15)14-12(2,3)11(16)17/h4-6H,1-3H3,(H,14,15)(H,16,17). The van der Waals surface area contributed by atoms with Gasteiger partial charge in [0.05, 0.1) is 0 Å². The first-order valence-corrected chi connectivity index (χ1v) is 5.06. The minimum absolute atomic E-state index is 0.265. The fourth-order valence-corrected chi connectivity index (χ4v) is 1.29. The summed E-state index contributed by atoms with van der Waals surface area (Å²) in [7, 11) is 0. The Bertz CT molecular complexity index is 469. The van der Waals surface area contributed by atoms with Crippen LogP contribution in [0.25, 0.3) is 0 Å². The summed E-state index contributed by atoms with van der Waals surface area (Å²) in [6.45, 7) is 4.35.